The van der Waals surface area contributed by atoms with E-state index in [1.165, 1.54) is 62.7 Å². The predicted molar refractivity (Wildman–Crippen MR) is 89.6 cm³/mol. The summed E-state index contributed by atoms with van der Waals surface area (Å²) < 4.78 is 0. The van der Waals surface area contributed by atoms with Crippen LogP contribution in [-0.4, -0.2) is 30.1 Å². The maximum atomic E-state index is 3.72. The molecule has 21 heavy (non-hydrogen) atoms. The van der Waals surface area contributed by atoms with Crippen molar-refractivity contribution in [1.82, 2.24) is 10.2 Å². The van der Waals surface area contributed by atoms with Gasteiger partial charge < -0.3 is 5.32 Å². The van der Waals surface area contributed by atoms with Crippen molar-refractivity contribution in [2.75, 3.05) is 13.1 Å². The zero-order valence-corrected chi connectivity index (χ0v) is 13.6. The van der Waals surface area contributed by atoms with E-state index in [2.05, 4.69) is 48.3 Å². The molecule has 1 aromatic rings. The summed E-state index contributed by atoms with van der Waals surface area (Å²) in [5, 5.41) is 3.72. The van der Waals surface area contributed by atoms with Crippen LogP contribution in [0.3, 0.4) is 0 Å². The molecule has 3 unspecified atom stereocenters. The van der Waals surface area contributed by atoms with Crippen LogP contribution in [0.25, 0.3) is 0 Å². The Kier molecular flexibility index (Phi) is 4.97. The molecule has 2 heteroatoms. The maximum absolute atomic E-state index is 3.72. The van der Waals surface area contributed by atoms with Crippen molar-refractivity contribution in [3.63, 3.8) is 0 Å². The first-order valence-electron chi connectivity index (χ1n) is 8.87. The van der Waals surface area contributed by atoms with Gasteiger partial charge in [-0.2, -0.15) is 0 Å². The first kappa shape index (κ1) is 15.1. The van der Waals surface area contributed by atoms with Gasteiger partial charge in [-0.25, -0.2) is 0 Å². The minimum atomic E-state index is 0.551. The van der Waals surface area contributed by atoms with Gasteiger partial charge in [0.15, 0.2) is 0 Å². The highest BCUT2D eigenvalue weighted by Crippen LogP contribution is 2.32. The molecule has 0 aromatic heterocycles. The number of benzene rings is 1. The first-order valence-corrected chi connectivity index (χ1v) is 8.87. The Bertz CT molecular complexity index is 433. The number of hydrogen-bond donors (Lipinski definition) is 1. The number of nitrogens with zero attached hydrogens (tertiary/aromatic N) is 1. The van der Waals surface area contributed by atoms with E-state index in [1.54, 1.807) is 0 Å². The van der Waals surface area contributed by atoms with Crippen LogP contribution in [0.5, 0.6) is 0 Å². The number of aryl methyl sites for hydroxylation is 1. The van der Waals surface area contributed by atoms with Crippen molar-refractivity contribution in [2.45, 2.75) is 70.5 Å². The topological polar surface area (TPSA) is 15.3 Å². The quantitative estimate of drug-likeness (QED) is 0.882. The molecule has 2 nitrogen and oxygen atoms in total. The third-order valence-electron chi connectivity index (χ3n) is 5.40. The Morgan fingerprint density at radius 3 is 2.67 bits per heavy atom. The first-order chi connectivity index (χ1) is 10.3. The van der Waals surface area contributed by atoms with Crippen LogP contribution in [0.2, 0.25) is 0 Å². The Hall–Kier alpha value is -0.860. The van der Waals surface area contributed by atoms with E-state index in [4.69, 9.17) is 0 Å². The average molecular weight is 286 g/mol. The Morgan fingerprint density at radius 1 is 1.19 bits per heavy atom. The lowest BCUT2D eigenvalue weighted by Gasteiger charge is -2.34. The molecule has 0 amide bonds. The summed E-state index contributed by atoms with van der Waals surface area (Å²) in [6.07, 6.45) is 7.89. The maximum Gasteiger partial charge on any atom is 0.0323 e. The molecule has 3 rings (SSSR count). The largest absolute Gasteiger partial charge is 0.312 e. The number of hydrogen-bond acceptors (Lipinski definition) is 2. The SMILES string of the molecule is CCCc1ccc(C(C)N2CCCC2C2CCCN2)cc1. The molecule has 0 saturated carbocycles. The van der Waals surface area contributed by atoms with Crippen molar-refractivity contribution < 1.29 is 0 Å². The number of rotatable bonds is 5. The van der Waals surface area contributed by atoms with Crippen LogP contribution < -0.4 is 5.32 Å². The van der Waals surface area contributed by atoms with Crippen LogP contribution >= 0.6 is 0 Å². The highest BCUT2D eigenvalue weighted by Gasteiger charge is 2.35. The van der Waals surface area contributed by atoms with E-state index in [1.807, 2.05) is 0 Å². The average Bonchev–Trinajstić information content (AvgIpc) is 3.18. The molecule has 2 aliphatic rings. The van der Waals surface area contributed by atoms with Crippen molar-refractivity contribution in [2.24, 2.45) is 0 Å². The minimum Gasteiger partial charge on any atom is -0.312 e. The van der Waals surface area contributed by atoms with Gasteiger partial charge in [0.05, 0.1) is 0 Å². The monoisotopic (exact) mass is 286 g/mol. The molecule has 1 N–H and O–H groups in total. The van der Waals surface area contributed by atoms with Gasteiger partial charge in [-0.3, -0.25) is 4.90 Å². The van der Waals surface area contributed by atoms with Crippen molar-refractivity contribution in [1.29, 1.82) is 0 Å². The molecule has 3 atom stereocenters. The predicted octanol–water partition coefficient (Wildman–Crippen LogP) is 3.92. The van der Waals surface area contributed by atoms with E-state index < -0.39 is 0 Å². The Labute approximate surface area is 129 Å². The summed E-state index contributed by atoms with van der Waals surface area (Å²) in [4.78, 5) is 2.75. The van der Waals surface area contributed by atoms with Gasteiger partial charge in [0, 0.05) is 18.1 Å². The van der Waals surface area contributed by atoms with Crippen LogP contribution in [0.1, 0.15) is 63.1 Å². The van der Waals surface area contributed by atoms with E-state index in [0.29, 0.717) is 6.04 Å². The zero-order valence-electron chi connectivity index (χ0n) is 13.6. The van der Waals surface area contributed by atoms with Gasteiger partial charge in [0.2, 0.25) is 0 Å². The Balaban J connectivity index is 1.69. The highest BCUT2D eigenvalue weighted by atomic mass is 15.2. The van der Waals surface area contributed by atoms with E-state index in [-0.39, 0.29) is 0 Å². The van der Waals surface area contributed by atoms with Gasteiger partial charge in [0.1, 0.15) is 0 Å². The lowest BCUT2D eigenvalue weighted by Crippen LogP contribution is -2.44. The second kappa shape index (κ2) is 6.93. The molecule has 0 spiro atoms. The van der Waals surface area contributed by atoms with E-state index >= 15 is 0 Å². The van der Waals surface area contributed by atoms with Crippen molar-refractivity contribution in [3.8, 4) is 0 Å². The fourth-order valence-electron chi connectivity index (χ4n) is 4.21. The number of nitrogens with one attached hydrogen (secondary N) is 1. The molecule has 2 heterocycles. The summed E-state index contributed by atoms with van der Waals surface area (Å²) in [5.41, 5.74) is 2.96. The lowest BCUT2D eigenvalue weighted by atomic mass is 9.99. The molecule has 2 saturated heterocycles. The molecule has 0 aliphatic carbocycles. The second-order valence-corrected chi connectivity index (χ2v) is 6.82. The van der Waals surface area contributed by atoms with Gasteiger partial charge >= 0.3 is 0 Å². The molecule has 1 aromatic carbocycles. The normalized spacial score (nSPS) is 28.1. The minimum absolute atomic E-state index is 0.551. The van der Waals surface area contributed by atoms with Gasteiger partial charge in [-0.15, -0.1) is 0 Å². The lowest BCUT2D eigenvalue weighted by molar-refractivity contribution is 0.163. The summed E-state index contributed by atoms with van der Waals surface area (Å²) in [6.45, 7) is 7.12. The summed E-state index contributed by atoms with van der Waals surface area (Å²) in [7, 11) is 0. The van der Waals surface area contributed by atoms with E-state index in [0.717, 1.165) is 12.1 Å². The van der Waals surface area contributed by atoms with Crippen LogP contribution in [0.4, 0.5) is 0 Å². The molecule has 2 fully saturated rings. The number of likely N-dealkylation sites (tertiary alicyclic amines) is 1. The fourth-order valence-corrected chi connectivity index (χ4v) is 4.21. The molecule has 0 bridgehead atoms. The Morgan fingerprint density at radius 2 is 2.00 bits per heavy atom. The van der Waals surface area contributed by atoms with Crippen molar-refractivity contribution in [3.05, 3.63) is 35.4 Å². The standard InChI is InChI=1S/C19H30N2/c1-3-6-16-9-11-17(12-10-16)15(2)21-14-5-8-19(21)18-7-4-13-20-18/h9-12,15,18-20H,3-8,13-14H2,1-2H3. The van der Waals surface area contributed by atoms with Gasteiger partial charge in [-0.1, -0.05) is 37.6 Å². The molecular formula is C19H30N2. The zero-order chi connectivity index (χ0) is 14.7. The molecule has 0 radical (unpaired) electrons. The third kappa shape index (κ3) is 3.32. The summed E-state index contributed by atoms with van der Waals surface area (Å²) in [5.74, 6) is 0. The summed E-state index contributed by atoms with van der Waals surface area (Å²) >= 11 is 0. The molecule has 2 aliphatic heterocycles. The third-order valence-corrected chi connectivity index (χ3v) is 5.40. The molecular weight excluding hydrogens is 256 g/mol. The van der Waals surface area contributed by atoms with Crippen molar-refractivity contribution >= 4 is 0 Å². The fraction of sp³-hybridized carbons (Fsp3) is 0.684. The second-order valence-electron chi connectivity index (χ2n) is 6.82. The van der Waals surface area contributed by atoms with E-state index in [9.17, 15) is 0 Å². The van der Waals surface area contributed by atoms with Crippen LogP contribution in [0, 0.1) is 0 Å². The molecule has 116 valence electrons. The van der Waals surface area contributed by atoms with Gasteiger partial charge in [0.25, 0.3) is 0 Å². The highest BCUT2D eigenvalue weighted by molar-refractivity contribution is 5.25. The summed E-state index contributed by atoms with van der Waals surface area (Å²) in [6, 6.07) is 11.4. The van der Waals surface area contributed by atoms with Gasteiger partial charge in [-0.05, 0) is 63.2 Å². The smallest absolute Gasteiger partial charge is 0.0323 e. The van der Waals surface area contributed by atoms with Crippen LogP contribution in [-0.2, 0) is 6.42 Å². The van der Waals surface area contributed by atoms with Crippen LogP contribution in [0.15, 0.2) is 24.3 Å².